The molecule has 0 bridgehead atoms. The standard InChI is InChI=1S/C14H15BrN4OS/c1-3-9-13(15)11(19(2)18-9)7-21-14-17-10-6-8(16)4-5-12(10)20-14/h4-6H,3,7,16H2,1-2H3. The fourth-order valence-electron chi connectivity index (χ4n) is 2.09. The van der Waals surface area contributed by atoms with Gasteiger partial charge in [-0.25, -0.2) is 4.98 Å². The van der Waals surface area contributed by atoms with Crippen LogP contribution in [-0.2, 0) is 19.2 Å². The quantitative estimate of drug-likeness (QED) is 0.562. The highest BCUT2D eigenvalue weighted by molar-refractivity contribution is 9.10. The van der Waals surface area contributed by atoms with Crippen molar-refractivity contribution < 1.29 is 4.42 Å². The van der Waals surface area contributed by atoms with E-state index in [1.807, 2.05) is 29.9 Å². The van der Waals surface area contributed by atoms with Crippen molar-refractivity contribution in [1.82, 2.24) is 14.8 Å². The van der Waals surface area contributed by atoms with Gasteiger partial charge in [-0.15, -0.1) is 0 Å². The molecule has 1 aromatic carbocycles. The normalized spacial score (nSPS) is 11.4. The Balaban J connectivity index is 1.81. The van der Waals surface area contributed by atoms with Gasteiger partial charge in [-0.2, -0.15) is 5.10 Å². The second kappa shape index (κ2) is 5.73. The Kier molecular flexibility index (Phi) is 3.95. The molecule has 21 heavy (non-hydrogen) atoms. The lowest BCUT2D eigenvalue weighted by molar-refractivity contribution is 0.489. The molecule has 0 aliphatic heterocycles. The summed E-state index contributed by atoms with van der Waals surface area (Å²) < 4.78 is 8.68. The van der Waals surface area contributed by atoms with Crippen LogP contribution in [0.25, 0.3) is 11.1 Å². The Hall–Kier alpha value is -1.47. The number of aromatic nitrogens is 3. The van der Waals surface area contributed by atoms with E-state index >= 15 is 0 Å². The van der Waals surface area contributed by atoms with E-state index in [0.29, 0.717) is 10.9 Å². The minimum atomic E-state index is 0.641. The first-order valence-electron chi connectivity index (χ1n) is 6.57. The van der Waals surface area contributed by atoms with E-state index in [4.69, 9.17) is 10.2 Å². The predicted molar refractivity (Wildman–Crippen MR) is 88.3 cm³/mol. The van der Waals surface area contributed by atoms with Crippen molar-refractivity contribution in [3.8, 4) is 0 Å². The van der Waals surface area contributed by atoms with Crippen LogP contribution in [-0.4, -0.2) is 14.8 Å². The number of hydrogen-bond donors (Lipinski definition) is 1. The maximum absolute atomic E-state index is 5.75. The first kappa shape index (κ1) is 14.5. The monoisotopic (exact) mass is 366 g/mol. The van der Waals surface area contributed by atoms with Gasteiger partial charge in [-0.3, -0.25) is 4.68 Å². The van der Waals surface area contributed by atoms with Crippen molar-refractivity contribution in [2.24, 2.45) is 7.05 Å². The maximum atomic E-state index is 5.75. The molecule has 3 rings (SSSR count). The molecule has 0 radical (unpaired) electrons. The molecule has 0 aliphatic rings. The van der Waals surface area contributed by atoms with Gasteiger partial charge in [0.2, 0.25) is 0 Å². The molecule has 2 heterocycles. The molecule has 0 fully saturated rings. The molecule has 110 valence electrons. The van der Waals surface area contributed by atoms with Gasteiger partial charge in [-0.1, -0.05) is 18.7 Å². The summed E-state index contributed by atoms with van der Waals surface area (Å²) in [7, 11) is 1.95. The Bertz CT molecular complexity index is 796. The maximum Gasteiger partial charge on any atom is 0.257 e. The van der Waals surface area contributed by atoms with Gasteiger partial charge >= 0.3 is 0 Å². The lowest BCUT2D eigenvalue weighted by atomic mass is 10.3. The van der Waals surface area contributed by atoms with Gasteiger partial charge in [0.25, 0.3) is 5.22 Å². The molecule has 0 saturated carbocycles. The predicted octanol–water partition coefficient (Wildman–Crippen LogP) is 3.76. The van der Waals surface area contributed by atoms with Crippen molar-refractivity contribution >= 4 is 44.5 Å². The highest BCUT2D eigenvalue weighted by atomic mass is 79.9. The summed E-state index contributed by atoms with van der Waals surface area (Å²) in [5, 5.41) is 5.12. The smallest absolute Gasteiger partial charge is 0.257 e. The fraction of sp³-hybridized carbons (Fsp3) is 0.286. The van der Waals surface area contributed by atoms with Crippen molar-refractivity contribution in [3.05, 3.63) is 34.1 Å². The second-order valence-electron chi connectivity index (χ2n) is 4.68. The number of thioether (sulfide) groups is 1. The zero-order valence-corrected chi connectivity index (χ0v) is 14.2. The summed E-state index contributed by atoms with van der Waals surface area (Å²) in [5.41, 5.74) is 10.2. The number of nitrogens with two attached hydrogens (primary N) is 1. The van der Waals surface area contributed by atoms with E-state index < -0.39 is 0 Å². The Labute approximate surface area is 135 Å². The number of rotatable bonds is 4. The lowest BCUT2D eigenvalue weighted by Gasteiger charge is -2.00. The first-order chi connectivity index (χ1) is 10.1. The molecule has 0 amide bonds. The van der Waals surface area contributed by atoms with Crippen LogP contribution in [0.5, 0.6) is 0 Å². The Morgan fingerprint density at radius 3 is 2.95 bits per heavy atom. The number of benzene rings is 1. The molecule has 0 atom stereocenters. The van der Waals surface area contributed by atoms with Gasteiger partial charge in [0.05, 0.1) is 15.9 Å². The molecule has 2 aromatic heterocycles. The van der Waals surface area contributed by atoms with E-state index in [2.05, 4.69) is 32.9 Å². The third-order valence-electron chi connectivity index (χ3n) is 3.23. The molecule has 3 aromatic rings. The summed E-state index contributed by atoms with van der Waals surface area (Å²) >= 11 is 5.16. The van der Waals surface area contributed by atoms with Crippen LogP contribution in [0.3, 0.4) is 0 Å². The molecule has 0 saturated heterocycles. The van der Waals surface area contributed by atoms with E-state index in [9.17, 15) is 0 Å². The van der Waals surface area contributed by atoms with Gasteiger partial charge < -0.3 is 10.2 Å². The molecule has 7 heteroatoms. The topological polar surface area (TPSA) is 69.9 Å². The van der Waals surface area contributed by atoms with Crippen LogP contribution in [0.1, 0.15) is 18.3 Å². The summed E-state index contributed by atoms with van der Waals surface area (Å²) in [4.78, 5) is 4.45. The van der Waals surface area contributed by atoms with Gasteiger partial charge in [0, 0.05) is 18.5 Å². The molecular formula is C14H15BrN4OS. The van der Waals surface area contributed by atoms with E-state index in [-0.39, 0.29) is 0 Å². The molecule has 0 unspecified atom stereocenters. The second-order valence-corrected chi connectivity index (χ2v) is 6.40. The summed E-state index contributed by atoms with van der Waals surface area (Å²) in [5.74, 6) is 0.742. The van der Waals surface area contributed by atoms with E-state index in [1.165, 1.54) is 0 Å². The van der Waals surface area contributed by atoms with Crippen molar-refractivity contribution in [3.63, 3.8) is 0 Å². The minimum absolute atomic E-state index is 0.641. The molecular weight excluding hydrogens is 352 g/mol. The van der Waals surface area contributed by atoms with Crippen molar-refractivity contribution in [2.45, 2.75) is 24.3 Å². The number of nitrogens with zero attached hydrogens (tertiary/aromatic N) is 3. The van der Waals surface area contributed by atoms with Crippen LogP contribution < -0.4 is 5.73 Å². The van der Waals surface area contributed by atoms with Crippen LogP contribution in [0.15, 0.2) is 32.3 Å². The number of aryl methyl sites for hydroxylation is 2. The van der Waals surface area contributed by atoms with Gasteiger partial charge in [0.15, 0.2) is 5.58 Å². The molecule has 2 N–H and O–H groups in total. The summed E-state index contributed by atoms with van der Waals surface area (Å²) in [6.07, 6.45) is 0.904. The molecule has 0 aliphatic carbocycles. The van der Waals surface area contributed by atoms with Crippen LogP contribution in [0, 0.1) is 0 Å². The van der Waals surface area contributed by atoms with Gasteiger partial charge in [-0.05, 0) is 40.5 Å². The van der Waals surface area contributed by atoms with Crippen molar-refractivity contribution in [2.75, 3.05) is 5.73 Å². The molecule has 0 spiro atoms. The van der Waals surface area contributed by atoms with E-state index in [0.717, 1.165) is 39.1 Å². The fourth-order valence-corrected chi connectivity index (χ4v) is 3.94. The highest BCUT2D eigenvalue weighted by Crippen LogP contribution is 2.30. The lowest BCUT2D eigenvalue weighted by Crippen LogP contribution is -1.96. The largest absolute Gasteiger partial charge is 0.431 e. The van der Waals surface area contributed by atoms with Crippen LogP contribution >= 0.6 is 27.7 Å². The zero-order valence-electron chi connectivity index (χ0n) is 11.8. The number of fused-ring (bicyclic) bond motifs is 1. The summed E-state index contributed by atoms with van der Waals surface area (Å²) in [6, 6.07) is 5.47. The van der Waals surface area contributed by atoms with E-state index in [1.54, 1.807) is 11.8 Å². The van der Waals surface area contributed by atoms with Crippen LogP contribution in [0.2, 0.25) is 0 Å². The molecule has 5 nitrogen and oxygen atoms in total. The minimum Gasteiger partial charge on any atom is -0.431 e. The SMILES string of the molecule is CCc1nn(C)c(CSc2nc3cc(N)ccc3o2)c1Br. The average Bonchev–Trinajstić information content (AvgIpc) is 2.97. The first-order valence-corrected chi connectivity index (χ1v) is 8.35. The number of halogens is 1. The number of oxazole rings is 1. The number of hydrogen-bond acceptors (Lipinski definition) is 5. The van der Waals surface area contributed by atoms with Crippen molar-refractivity contribution in [1.29, 1.82) is 0 Å². The average molecular weight is 367 g/mol. The number of nitrogen functional groups attached to an aromatic ring is 1. The Morgan fingerprint density at radius 2 is 2.24 bits per heavy atom. The van der Waals surface area contributed by atoms with Crippen LogP contribution in [0.4, 0.5) is 5.69 Å². The third kappa shape index (κ3) is 2.80. The third-order valence-corrected chi connectivity index (χ3v) is 4.98. The highest BCUT2D eigenvalue weighted by Gasteiger charge is 2.14. The summed E-state index contributed by atoms with van der Waals surface area (Å²) in [6.45, 7) is 2.09. The van der Waals surface area contributed by atoms with Gasteiger partial charge in [0.1, 0.15) is 5.52 Å². The Morgan fingerprint density at radius 1 is 1.43 bits per heavy atom. The number of anilines is 1. The zero-order chi connectivity index (χ0) is 15.0.